The van der Waals surface area contributed by atoms with Crippen LogP contribution in [0.4, 0.5) is 0 Å². The fourth-order valence-corrected chi connectivity index (χ4v) is 0. The molecule has 4 radical (unpaired) electrons. The van der Waals surface area contributed by atoms with E-state index in [-0.39, 0.29) is 77.0 Å². The molecular formula is Rh3V. The van der Waals surface area contributed by atoms with E-state index in [0.29, 0.717) is 0 Å². The molecule has 0 bridgehead atoms. The van der Waals surface area contributed by atoms with Gasteiger partial charge in [-0.1, -0.05) is 0 Å². The van der Waals surface area contributed by atoms with E-state index in [1.807, 2.05) is 0 Å². The summed E-state index contributed by atoms with van der Waals surface area (Å²) >= 11 is 0. The van der Waals surface area contributed by atoms with Crippen LogP contribution in [-0.2, 0) is 77.0 Å². The van der Waals surface area contributed by atoms with Crippen LogP contribution in [0.15, 0.2) is 0 Å². The molecule has 0 spiro atoms. The third-order valence-electron chi connectivity index (χ3n) is 0. The van der Waals surface area contributed by atoms with E-state index in [0.717, 1.165) is 0 Å². The number of hydrogen-bond acceptors (Lipinski definition) is 0. The maximum atomic E-state index is 0. The summed E-state index contributed by atoms with van der Waals surface area (Å²) in [6.45, 7) is 0. The molecule has 4 heteroatoms. The third-order valence-corrected chi connectivity index (χ3v) is 0. The topological polar surface area (TPSA) is 0 Å². The molecule has 0 heterocycles. The molecule has 0 aliphatic rings. The van der Waals surface area contributed by atoms with Gasteiger partial charge in [0.1, 0.15) is 0 Å². The monoisotopic (exact) mass is 360 g/mol. The van der Waals surface area contributed by atoms with Gasteiger partial charge in [-0.3, -0.25) is 0 Å². The molecule has 4 heavy (non-hydrogen) atoms. The summed E-state index contributed by atoms with van der Waals surface area (Å²) in [5.74, 6) is 0. The average molecular weight is 360 g/mol. The Morgan fingerprint density at radius 2 is 0.500 bits per heavy atom. The Balaban J connectivity index is 0. The van der Waals surface area contributed by atoms with Crippen molar-refractivity contribution in [3.63, 3.8) is 0 Å². The second-order valence-electron chi connectivity index (χ2n) is 0. The Bertz CT molecular complexity index is 3.25. The van der Waals surface area contributed by atoms with Gasteiger partial charge in [-0.05, 0) is 0 Å². The van der Waals surface area contributed by atoms with E-state index < -0.39 is 0 Å². The Hall–Kier alpha value is 2.45. The van der Waals surface area contributed by atoms with Gasteiger partial charge in [0.25, 0.3) is 0 Å². The van der Waals surface area contributed by atoms with E-state index >= 15 is 0 Å². The van der Waals surface area contributed by atoms with Gasteiger partial charge in [0, 0.05) is 77.0 Å². The zero-order chi connectivity index (χ0) is 0. The van der Waals surface area contributed by atoms with E-state index in [9.17, 15) is 0 Å². The summed E-state index contributed by atoms with van der Waals surface area (Å²) in [7, 11) is 0. The summed E-state index contributed by atoms with van der Waals surface area (Å²) in [6.07, 6.45) is 0. The second kappa shape index (κ2) is 18.0. The van der Waals surface area contributed by atoms with Crippen LogP contribution in [0.5, 0.6) is 0 Å². The molecule has 0 aliphatic heterocycles. The van der Waals surface area contributed by atoms with Crippen molar-refractivity contribution in [3.8, 4) is 0 Å². The SMILES string of the molecule is [Rh].[Rh].[Rh].[V]. The van der Waals surface area contributed by atoms with Crippen molar-refractivity contribution in [2.75, 3.05) is 0 Å². The summed E-state index contributed by atoms with van der Waals surface area (Å²) < 4.78 is 0. The maximum absolute atomic E-state index is 0. The number of rotatable bonds is 0. The first-order chi connectivity index (χ1) is 0. The van der Waals surface area contributed by atoms with Crippen molar-refractivity contribution in [3.05, 3.63) is 0 Å². The molecule has 0 saturated heterocycles. The molecule has 0 rings (SSSR count). The van der Waals surface area contributed by atoms with E-state index in [2.05, 4.69) is 0 Å². The standard InChI is InChI=1S/3Rh.V. The quantitative estimate of drug-likeness (QED) is 0.534. The van der Waals surface area contributed by atoms with Crippen LogP contribution in [0.25, 0.3) is 0 Å². The van der Waals surface area contributed by atoms with Gasteiger partial charge in [0.15, 0.2) is 0 Å². The predicted molar refractivity (Wildman–Crippen MR) is 0 cm³/mol. The van der Waals surface area contributed by atoms with Gasteiger partial charge in [0.05, 0.1) is 0 Å². The maximum Gasteiger partial charge on any atom is 0 e. The van der Waals surface area contributed by atoms with Crippen LogP contribution in [0.3, 0.4) is 0 Å². The smallest absolute Gasteiger partial charge is 0 e. The minimum atomic E-state index is 0. The van der Waals surface area contributed by atoms with Gasteiger partial charge in [-0.2, -0.15) is 0 Å². The van der Waals surface area contributed by atoms with Crippen LogP contribution in [0.1, 0.15) is 0 Å². The van der Waals surface area contributed by atoms with Crippen molar-refractivity contribution in [2.24, 2.45) is 0 Å². The van der Waals surface area contributed by atoms with Gasteiger partial charge in [0.2, 0.25) is 0 Å². The molecule has 0 saturated carbocycles. The summed E-state index contributed by atoms with van der Waals surface area (Å²) in [5, 5.41) is 0. The molecule has 0 aromatic carbocycles. The molecule has 0 fully saturated rings. The van der Waals surface area contributed by atoms with Crippen LogP contribution < -0.4 is 0 Å². The van der Waals surface area contributed by atoms with Crippen LogP contribution in [0, 0.1) is 0 Å². The molecule has 0 atom stereocenters. The van der Waals surface area contributed by atoms with Gasteiger partial charge < -0.3 is 0 Å². The van der Waals surface area contributed by atoms with Crippen LogP contribution >= 0.6 is 0 Å². The minimum Gasteiger partial charge on any atom is 0 e. The van der Waals surface area contributed by atoms with Crippen molar-refractivity contribution in [1.29, 1.82) is 0 Å². The van der Waals surface area contributed by atoms with Gasteiger partial charge in [-0.15, -0.1) is 0 Å². The molecule has 0 aliphatic carbocycles. The van der Waals surface area contributed by atoms with Crippen molar-refractivity contribution < 1.29 is 77.0 Å². The molecule has 0 N–H and O–H groups in total. The first kappa shape index (κ1) is 31.9. The first-order valence-electron chi connectivity index (χ1n) is 0. The Kier molecular flexibility index (Phi) is 143. The Labute approximate surface area is 76.0 Å². The average Bonchev–Trinajstić information content (AvgIpc) is 0. The summed E-state index contributed by atoms with van der Waals surface area (Å²) in [4.78, 5) is 0. The summed E-state index contributed by atoms with van der Waals surface area (Å²) in [6, 6.07) is 0. The largest absolute Gasteiger partial charge is 0 e. The first-order valence-corrected chi connectivity index (χ1v) is 0. The van der Waals surface area contributed by atoms with Crippen molar-refractivity contribution in [1.82, 2.24) is 0 Å². The Morgan fingerprint density at radius 3 is 0.500 bits per heavy atom. The van der Waals surface area contributed by atoms with Crippen LogP contribution in [0.2, 0.25) is 0 Å². The van der Waals surface area contributed by atoms with E-state index in [4.69, 9.17) is 0 Å². The molecule has 0 nitrogen and oxygen atoms in total. The fraction of sp³-hybridized carbons (Fsp3) is 0. The van der Waals surface area contributed by atoms with E-state index in [1.54, 1.807) is 0 Å². The normalized spacial score (nSPS) is 0. The van der Waals surface area contributed by atoms with Gasteiger partial charge in [-0.25, -0.2) is 0 Å². The Morgan fingerprint density at radius 1 is 0.500 bits per heavy atom. The molecule has 0 unspecified atom stereocenters. The molecule has 0 amide bonds. The third kappa shape index (κ3) is 8.82. The molecule has 32 valence electrons. The van der Waals surface area contributed by atoms with Crippen molar-refractivity contribution >= 4 is 0 Å². The second-order valence-corrected chi connectivity index (χ2v) is 0. The molecule has 0 aromatic heterocycles. The van der Waals surface area contributed by atoms with Crippen molar-refractivity contribution in [2.45, 2.75) is 0 Å². The van der Waals surface area contributed by atoms with Crippen LogP contribution in [-0.4, -0.2) is 0 Å². The molecule has 0 aromatic rings. The predicted octanol–water partition coefficient (Wildman–Crippen LogP) is -0.0100. The van der Waals surface area contributed by atoms with Gasteiger partial charge >= 0.3 is 0 Å². The summed E-state index contributed by atoms with van der Waals surface area (Å²) in [5.41, 5.74) is 0. The zero-order valence-electron chi connectivity index (χ0n) is 1.45. The molecular weight excluding hydrogens is 360 g/mol. The fourth-order valence-electron chi connectivity index (χ4n) is 0. The zero-order valence-corrected chi connectivity index (χ0v) is 7.76. The number of hydrogen-bond donors (Lipinski definition) is 0. The van der Waals surface area contributed by atoms with E-state index in [1.165, 1.54) is 0 Å². The minimum absolute atomic E-state index is 0.